The first-order valence-corrected chi connectivity index (χ1v) is 11.5. The highest BCUT2D eigenvalue weighted by atomic mass is 32.1. The lowest BCUT2D eigenvalue weighted by Crippen LogP contribution is -2.36. The van der Waals surface area contributed by atoms with E-state index in [0.717, 1.165) is 11.3 Å². The fourth-order valence-electron chi connectivity index (χ4n) is 3.32. The molecule has 0 unspecified atom stereocenters. The SMILES string of the molecule is CN[C@@H](C)C(=O)Nc1cn(-c2ccccc2)n(Cc2cccc(C(=O)Nc3nccs3)c2)c1=O. The lowest BCUT2D eigenvalue weighted by molar-refractivity contribution is -0.117. The minimum atomic E-state index is -0.457. The number of para-hydroxylation sites is 1. The van der Waals surface area contributed by atoms with Gasteiger partial charge in [0.25, 0.3) is 11.5 Å². The molecule has 4 aromatic rings. The summed E-state index contributed by atoms with van der Waals surface area (Å²) in [5, 5.41) is 10.6. The third-order valence-electron chi connectivity index (χ3n) is 5.26. The van der Waals surface area contributed by atoms with Crippen LogP contribution in [0.5, 0.6) is 0 Å². The number of nitrogens with one attached hydrogen (secondary N) is 3. The van der Waals surface area contributed by atoms with Crippen molar-refractivity contribution in [3.05, 3.63) is 93.9 Å². The van der Waals surface area contributed by atoms with Gasteiger partial charge in [-0.15, -0.1) is 11.3 Å². The highest BCUT2D eigenvalue weighted by molar-refractivity contribution is 7.13. The van der Waals surface area contributed by atoms with Crippen LogP contribution in [-0.4, -0.2) is 39.3 Å². The Kier molecular flexibility index (Phi) is 7.00. The van der Waals surface area contributed by atoms with E-state index in [0.29, 0.717) is 10.7 Å². The first-order valence-electron chi connectivity index (χ1n) is 10.6. The van der Waals surface area contributed by atoms with Crippen LogP contribution in [-0.2, 0) is 11.3 Å². The van der Waals surface area contributed by atoms with Crippen molar-refractivity contribution in [2.75, 3.05) is 17.7 Å². The number of nitrogens with zero attached hydrogens (tertiary/aromatic N) is 3. The number of carbonyl (C=O) groups is 2. The standard InChI is InChI=1S/C24H24N6O3S/c1-16(25-2)21(31)27-20-15-29(19-9-4-3-5-10-19)30(23(20)33)14-17-7-6-8-18(13-17)22(32)28-24-26-11-12-34-24/h3-13,15-16,25H,14H2,1-2H3,(H,27,31)(H,26,28,32)/t16-/m0/s1. The van der Waals surface area contributed by atoms with E-state index in [2.05, 4.69) is 20.9 Å². The number of benzene rings is 2. The molecule has 10 heteroatoms. The van der Waals surface area contributed by atoms with Crippen LogP contribution in [0.1, 0.15) is 22.8 Å². The van der Waals surface area contributed by atoms with Gasteiger partial charge in [0.1, 0.15) is 5.69 Å². The van der Waals surface area contributed by atoms with E-state index >= 15 is 0 Å². The van der Waals surface area contributed by atoms with Crippen molar-refractivity contribution < 1.29 is 9.59 Å². The van der Waals surface area contributed by atoms with Crippen LogP contribution in [0.15, 0.2) is 77.2 Å². The number of carbonyl (C=O) groups excluding carboxylic acids is 2. The Labute approximate surface area is 200 Å². The number of amides is 2. The van der Waals surface area contributed by atoms with Crippen LogP contribution in [0.3, 0.4) is 0 Å². The summed E-state index contributed by atoms with van der Waals surface area (Å²) in [7, 11) is 1.68. The lowest BCUT2D eigenvalue weighted by atomic mass is 10.1. The molecule has 3 N–H and O–H groups in total. The minimum absolute atomic E-state index is 0.175. The molecule has 0 spiro atoms. The second-order valence-corrected chi connectivity index (χ2v) is 8.47. The molecule has 2 amide bonds. The third-order valence-corrected chi connectivity index (χ3v) is 5.94. The monoisotopic (exact) mass is 476 g/mol. The zero-order chi connectivity index (χ0) is 24.1. The van der Waals surface area contributed by atoms with Crippen LogP contribution in [0.25, 0.3) is 5.69 Å². The zero-order valence-corrected chi connectivity index (χ0v) is 19.5. The molecule has 34 heavy (non-hydrogen) atoms. The van der Waals surface area contributed by atoms with Crippen LogP contribution in [0.2, 0.25) is 0 Å². The molecule has 0 aliphatic rings. The van der Waals surface area contributed by atoms with E-state index in [9.17, 15) is 14.4 Å². The molecule has 0 fully saturated rings. The molecule has 0 radical (unpaired) electrons. The average molecular weight is 477 g/mol. The Hall–Kier alpha value is -4.02. The second-order valence-electron chi connectivity index (χ2n) is 7.58. The molecular formula is C24H24N6O3S. The van der Waals surface area contributed by atoms with Crippen LogP contribution in [0, 0.1) is 0 Å². The van der Waals surface area contributed by atoms with Crippen molar-refractivity contribution in [3.63, 3.8) is 0 Å². The summed E-state index contributed by atoms with van der Waals surface area (Å²) >= 11 is 1.33. The highest BCUT2D eigenvalue weighted by Crippen LogP contribution is 2.16. The Morgan fingerprint density at radius 1 is 1.09 bits per heavy atom. The topological polar surface area (TPSA) is 110 Å². The lowest BCUT2D eigenvalue weighted by Gasteiger charge is -2.12. The smallest absolute Gasteiger partial charge is 0.291 e. The quantitative estimate of drug-likeness (QED) is 0.362. The number of hydrogen-bond acceptors (Lipinski definition) is 6. The maximum absolute atomic E-state index is 13.3. The predicted octanol–water partition coefficient (Wildman–Crippen LogP) is 2.94. The van der Waals surface area contributed by atoms with E-state index in [4.69, 9.17) is 0 Å². The van der Waals surface area contributed by atoms with Crippen LogP contribution in [0.4, 0.5) is 10.8 Å². The van der Waals surface area contributed by atoms with Gasteiger partial charge in [-0.3, -0.25) is 24.4 Å². The van der Waals surface area contributed by atoms with E-state index in [1.54, 1.807) is 54.6 Å². The Morgan fingerprint density at radius 2 is 1.88 bits per heavy atom. The zero-order valence-electron chi connectivity index (χ0n) is 18.7. The van der Waals surface area contributed by atoms with Crippen molar-refractivity contribution in [1.82, 2.24) is 19.7 Å². The second kappa shape index (κ2) is 10.3. The first kappa shape index (κ1) is 23.1. The Balaban J connectivity index is 1.66. The van der Waals surface area contributed by atoms with Gasteiger partial charge in [-0.1, -0.05) is 30.3 Å². The largest absolute Gasteiger partial charge is 0.319 e. The normalized spacial score (nSPS) is 11.7. The summed E-state index contributed by atoms with van der Waals surface area (Å²) < 4.78 is 3.22. The maximum atomic E-state index is 13.3. The highest BCUT2D eigenvalue weighted by Gasteiger charge is 2.18. The van der Waals surface area contributed by atoms with Crippen molar-refractivity contribution in [2.24, 2.45) is 0 Å². The van der Waals surface area contributed by atoms with Gasteiger partial charge < -0.3 is 10.6 Å². The Morgan fingerprint density at radius 3 is 2.59 bits per heavy atom. The van der Waals surface area contributed by atoms with E-state index in [-0.39, 0.29) is 29.6 Å². The van der Waals surface area contributed by atoms with Gasteiger partial charge in [0.2, 0.25) is 5.91 Å². The average Bonchev–Trinajstić information content (AvgIpc) is 3.48. The molecule has 0 bridgehead atoms. The summed E-state index contributed by atoms with van der Waals surface area (Å²) in [6, 6.07) is 16.0. The molecule has 2 heterocycles. The molecule has 9 nitrogen and oxygen atoms in total. The van der Waals surface area contributed by atoms with Crippen LogP contribution >= 0.6 is 11.3 Å². The summed E-state index contributed by atoms with van der Waals surface area (Å²) in [6.07, 6.45) is 3.23. The van der Waals surface area contributed by atoms with Gasteiger partial charge in [-0.2, -0.15) is 0 Å². The molecule has 2 aromatic carbocycles. The van der Waals surface area contributed by atoms with E-state index < -0.39 is 6.04 Å². The van der Waals surface area contributed by atoms with Crippen molar-refractivity contribution in [2.45, 2.75) is 19.5 Å². The van der Waals surface area contributed by atoms with E-state index in [1.807, 2.05) is 36.4 Å². The Bertz CT molecular complexity index is 1340. The van der Waals surface area contributed by atoms with Crippen molar-refractivity contribution >= 4 is 34.0 Å². The summed E-state index contributed by atoms with van der Waals surface area (Å²) in [6.45, 7) is 1.91. The number of aromatic nitrogens is 3. The molecule has 2 aromatic heterocycles. The van der Waals surface area contributed by atoms with E-state index in [1.165, 1.54) is 16.0 Å². The van der Waals surface area contributed by atoms with Gasteiger partial charge in [0, 0.05) is 17.1 Å². The molecule has 0 aliphatic carbocycles. The molecule has 0 saturated carbocycles. The molecule has 1 atom stereocenters. The fourth-order valence-corrected chi connectivity index (χ4v) is 3.85. The number of likely N-dealkylation sites (N-methyl/N-ethyl adjacent to an activating group) is 1. The van der Waals surface area contributed by atoms with Crippen LogP contribution < -0.4 is 21.5 Å². The molecule has 0 saturated heterocycles. The summed E-state index contributed by atoms with van der Waals surface area (Å²) in [4.78, 5) is 42.3. The van der Waals surface area contributed by atoms with Gasteiger partial charge >= 0.3 is 0 Å². The van der Waals surface area contributed by atoms with Crippen molar-refractivity contribution in [3.8, 4) is 5.69 Å². The van der Waals surface area contributed by atoms with Crippen molar-refractivity contribution in [1.29, 1.82) is 0 Å². The maximum Gasteiger partial charge on any atom is 0.291 e. The molecule has 0 aliphatic heterocycles. The van der Waals surface area contributed by atoms with Gasteiger partial charge in [-0.25, -0.2) is 9.67 Å². The molecule has 4 rings (SSSR count). The van der Waals surface area contributed by atoms with Gasteiger partial charge in [0.15, 0.2) is 5.13 Å². The minimum Gasteiger partial charge on any atom is -0.319 e. The molecular weight excluding hydrogens is 452 g/mol. The number of thiazole rings is 1. The number of rotatable bonds is 8. The predicted molar refractivity (Wildman–Crippen MR) is 133 cm³/mol. The van der Waals surface area contributed by atoms with Gasteiger partial charge in [-0.05, 0) is 43.8 Å². The first-order chi connectivity index (χ1) is 16.5. The summed E-state index contributed by atoms with van der Waals surface area (Å²) in [5.74, 6) is -0.589. The van der Waals surface area contributed by atoms with Gasteiger partial charge in [0.05, 0.1) is 24.5 Å². The summed E-state index contributed by atoms with van der Waals surface area (Å²) in [5.41, 5.74) is 1.80. The molecule has 174 valence electrons. The fraction of sp³-hybridized carbons (Fsp3) is 0.167. The third kappa shape index (κ3) is 5.13. The number of hydrogen-bond donors (Lipinski definition) is 3. The number of anilines is 2.